The Labute approximate surface area is 109 Å². The summed E-state index contributed by atoms with van der Waals surface area (Å²) in [5.41, 5.74) is -0.756. The van der Waals surface area contributed by atoms with Crippen LogP contribution in [0.1, 0.15) is 32.1 Å². The van der Waals surface area contributed by atoms with E-state index in [1.54, 1.807) is 19.1 Å². The van der Waals surface area contributed by atoms with Crippen LogP contribution >= 0.6 is 0 Å². The number of rotatable bonds is 4. The minimum atomic E-state index is -0.756. The first-order valence-electron chi connectivity index (χ1n) is 6.31. The van der Waals surface area contributed by atoms with Crippen LogP contribution in [-0.2, 0) is 14.9 Å². The van der Waals surface area contributed by atoms with Gasteiger partial charge in [-0.05, 0) is 31.9 Å². The molecule has 1 aliphatic carbocycles. The normalized spacial score (nSPS) is 16.9. The summed E-state index contributed by atoms with van der Waals surface area (Å²) in [5, 5.41) is 3.86. The molecular formula is C13H14N2O4. The highest BCUT2D eigenvalue weighted by Gasteiger charge is 2.52. The maximum atomic E-state index is 12.1. The number of esters is 1. The Bertz CT molecular complexity index is 569. The number of hydrogen-bond acceptors (Lipinski definition) is 6. The lowest BCUT2D eigenvalue weighted by Crippen LogP contribution is -2.44. The molecule has 0 saturated heterocycles. The van der Waals surface area contributed by atoms with Crippen molar-refractivity contribution >= 4 is 5.97 Å². The minimum absolute atomic E-state index is 0.282. The monoisotopic (exact) mass is 262 g/mol. The fraction of sp³-hybridized carbons (Fsp3) is 0.462. The molecule has 0 amide bonds. The molecule has 0 aliphatic heterocycles. The molecule has 1 saturated carbocycles. The molecular weight excluding hydrogens is 248 g/mol. The van der Waals surface area contributed by atoms with Crippen molar-refractivity contribution in [2.75, 3.05) is 6.61 Å². The maximum absolute atomic E-state index is 12.1. The van der Waals surface area contributed by atoms with E-state index in [4.69, 9.17) is 13.7 Å². The Balaban J connectivity index is 1.91. The molecule has 6 nitrogen and oxygen atoms in total. The zero-order chi connectivity index (χ0) is 13.3. The Morgan fingerprint density at radius 2 is 2.37 bits per heavy atom. The van der Waals surface area contributed by atoms with Crippen molar-refractivity contribution in [2.24, 2.45) is 0 Å². The van der Waals surface area contributed by atoms with E-state index >= 15 is 0 Å². The Morgan fingerprint density at radius 1 is 1.53 bits per heavy atom. The lowest BCUT2D eigenvalue weighted by Gasteiger charge is -2.35. The minimum Gasteiger partial charge on any atom is -0.465 e. The van der Waals surface area contributed by atoms with Gasteiger partial charge in [-0.25, -0.2) is 0 Å². The van der Waals surface area contributed by atoms with Gasteiger partial charge in [0, 0.05) is 0 Å². The number of hydrogen-bond donors (Lipinski definition) is 0. The first-order chi connectivity index (χ1) is 9.26. The second-order valence-electron chi connectivity index (χ2n) is 4.56. The predicted octanol–water partition coefficient (Wildman–Crippen LogP) is 2.31. The first-order valence-corrected chi connectivity index (χ1v) is 6.31. The molecule has 2 aromatic rings. The fourth-order valence-electron chi connectivity index (χ4n) is 2.23. The Hall–Kier alpha value is -2.11. The van der Waals surface area contributed by atoms with Crippen LogP contribution < -0.4 is 0 Å². The molecule has 1 fully saturated rings. The standard InChI is InChI=1S/C13H14N2O4/c1-2-17-12(16)13(6-4-7-13)11-14-10(15-19-11)9-5-3-8-18-9/h3,5,8H,2,4,6-7H2,1H3. The molecule has 2 aromatic heterocycles. The molecule has 0 atom stereocenters. The molecule has 6 heteroatoms. The predicted molar refractivity (Wildman–Crippen MR) is 64.2 cm³/mol. The van der Waals surface area contributed by atoms with Crippen LogP contribution in [0.5, 0.6) is 0 Å². The smallest absolute Gasteiger partial charge is 0.321 e. The topological polar surface area (TPSA) is 78.4 Å². The molecule has 19 heavy (non-hydrogen) atoms. The van der Waals surface area contributed by atoms with Gasteiger partial charge in [0.25, 0.3) is 0 Å². The summed E-state index contributed by atoms with van der Waals surface area (Å²) in [6, 6.07) is 3.49. The van der Waals surface area contributed by atoms with Gasteiger partial charge < -0.3 is 13.7 Å². The van der Waals surface area contributed by atoms with Crippen LogP contribution in [-0.4, -0.2) is 22.7 Å². The van der Waals surface area contributed by atoms with E-state index in [9.17, 15) is 4.79 Å². The van der Waals surface area contributed by atoms with Crippen LogP contribution in [0.25, 0.3) is 11.6 Å². The summed E-state index contributed by atoms with van der Waals surface area (Å²) >= 11 is 0. The summed E-state index contributed by atoms with van der Waals surface area (Å²) in [6.45, 7) is 2.13. The number of ether oxygens (including phenoxy) is 1. The average Bonchev–Trinajstić information content (AvgIpc) is 2.97. The highest BCUT2D eigenvalue weighted by molar-refractivity contribution is 5.83. The van der Waals surface area contributed by atoms with Crippen molar-refractivity contribution in [1.82, 2.24) is 10.1 Å². The van der Waals surface area contributed by atoms with Gasteiger partial charge in [-0.1, -0.05) is 11.6 Å². The second kappa shape index (κ2) is 4.53. The molecule has 0 bridgehead atoms. The number of carbonyl (C=O) groups is 1. The maximum Gasteiger partial charge on any atom is 0.321 e. The van der Waals surface area contributed by atoms with Gasteiger partial charge in [0.15, 0.2) is 5.76 Å². The molecule has 1 aliphatic rings. The quantitative estimate of drug-likeness (QED) is 0.787. The van der Waals surface area contributed by atoms with Crippen molar-refractivity contribution < 1.29 is 18.5 Å². The van der Waals surface area contributed by atoms with E-state index in [-0.39, 0.29) is 5.97 Å². The highest BCUT2D eigenvalue weighted by Crippen LogP contribution is 2.44. The SMILES string of the molecule is CCOC(=O)C1(c2nc(-c3ccco3)no2)CCC1. The van der Waals surface area contributed by atoms with E-state index in [1.165, 1.54) is 6.26 Å². The number of aromatic nitrogens is 2. The van der Waals surface area contributed by atoms with Crippen LogP contribution in [0.3, 0.4) is 0 Å². The first kappa shape index (κ1) is 12.0. The lowest BCUT2D eigenvalue weighted by atomic mass is 9.68. The van der Waals surface area contributed by atoms with E-state index in [0.29, 0.717) is 36.9 Å². The summed E-state index contributed by atoms with van der Waals surface area (Å²) in [7, 11) is 0. The third-order valence-corrected chi connectivity index (χ3v) is 3.45. The fourth-order valence-corrected chi connectivity index (χ4v) is 2.23. The average molecular weight is 262 g/mol. The highest BCUT2D eigenvalue weighted by atomic mass is 16.5. The Morgan fingerprint density at radius 3 is 2.95 bits per heavy atom. The van der Waals surface area contributed by atoms with Crippen LogP contribution in [0.2, 0.25) is 0 Å². The summed E-state index contributed by atoms with van der Waals surface area (Å²) in [4.78, 5) is 16.3. The largest absolute Gasteiger partial charge is 0.465 e. The number of furan rings is 1. The summed E-state index contributed by atoms with van der Waals surface area (Å²) in [5.74, 6) is 0.920. The zero-order valence-corrected chi connectivity index (χ0v) is 10.6. The third-order valence-electron chi connectivity index (χ3n) is 3.45. The summed E-state index contributed by atoms with van der Waals surface area (Å²) in [6.07, 6.45) is 3.87. The molecule has 100 valence electrons. The van der Waals surface area contributed by atoms with Crippen molar-refractivity contribution in [3.8, 4) is 11.6 Å². The van der Waals surface area contributed by atoms with Crippen molar-refractivity contribution in [2.45, 2.75) is 31.6 Å². The van der Waals surface area contributed by atoms with Gasteiger partial charge in [-0.3, -0.25) is 4.79 Å². The second-order valence-corrected chi connectivity index (χ2v) is 4.56. The van der Waals surface area contributed by atoms with Crippen molar-refractivity contribution in [3.05, 3.63) is 24.3 Å². The molecule has 0 radical (unpaired) electrons. The van der Waals surface area contributed by atoms with Crippen LogP contribution in [0, 0.1) is 0 Å². The van der Waals surface area contributed by atoms with Crippen molar-refractivity contribution in [1.29, 1.82) is 0 Å². The van der Waals surface area contributed by atoms with Gasteiger partial charge >= 0.3 is 5.97 Å². The third kappa shape index (κ3) is 1.83. The molecule has 0 N–H and O–H groups in total. The van der Waals surface area contributed by atoms with E-state index in [0.717, 1.165) is 6.42 Å². The van der Waals surface area contributed by atoms with E-state index in [2.05, 4.69) is 10.1 Å². The van der Waals surface area contributed by atoms with Gasteiger partial charge in [0.2, 0.25) is 11.7 Å². The molecule has 2 heterocycles. The van der Waals surface area contributed by atoms with Crippen LogP contribution in [0.15, 0.2) is 27.3 Å². The lowest BCUT2D eigenvalue weighted by molar-refractivity contribution is -0.155. The van der Waals surface area contributed by atoms with Gasteiger partial charge in [0.1, 0.15) is 5.41 Å². The number of nitrogens with zero attached hydrogens (tertiary/aromatic N) is 2. The van der Waals surface area contributed by atoms with Gasteiger partial charge in [-0.2, -0.15) is 4.98 Å². The van der Waals surface area contributed by atoms with Gasteiger partial charge in [-0.15, -0.1) is 0 Å². The zero-order valence-electron chi connectivity index (χ0n) is 10.6. The van der Waals surface area contributed by atoms with Crippen molar-refractivity contribution in [3.63, 3.8) is 0 Å². The molecule has 0 spiro atoms. The number of carbonyl (C=O) groups excluding carboxylic acids is 1. The van der Waals surface area contributed by atoms with Gasteiger partial charge in [0.05, 0.1) is 12.9 Å². The van der Waals surface area contributed by atoms with E-state index in [1.807, 2.05) is 0 Å². The molecule has 0 unspecified atom stereocenters. The van der Waals surface area contributed by atoms with Crippen LogP contribution in [0.4, 0.5) is 0 Å². The summed E-state index contributed by atoms with van der Waals surface area (Å²) < 4.78 is 15.6. The molecule has 3 rings (SSSR count). The molecule has 0 aromatic carbocycles. The Kier molecular flexibility index (Phi) is 2.85. The van der Waals surface area contributed by atoms with E-state index < -0.39 is 5.41 Å².